The Kier molecular flexibility index (Phi) is 7.09. The summed E-state index contributed by atoms with van der Waals surface area (Å²) < 4.78 is 17.3. The summed E-state index contributed by atoms with van der Waals surface area (Å²) in [6, 6.07) is 22.5. The van der Waals surface area contributed by atoms with Gasteiger partial charge in [0.1, 0.15) is 18.1 Å². The Morgan fingerprint density at radius 3 is 2.77 bits per heavy atom. The van der Waals surface area contributed by atoms with Gasteiger partial charge in [-0.1, -0.05) is 60.6 Å². The normalized spacial score (nSPS) is 14.7. The van der Waals surface area contributed by atoms with Gasteiger partial charge in [0.2, 0.25) is 5.91 Å². The van der Waals surface area contributed by atoms with Crippen molar-refractivity contribution in [1.29, 1.82) is 0 Å². The molecule has 4 aromatic rings. The molecule has 1 aromatic heterocycles. The molecule has 3 aromatic carbocycles. The van der Waals surface area contributed by atoms with Gasteiger partial charge < -0.3 is 18.9 Å². The maximum atomic E-state index is 13.3. The zero-order valence-electron chi connectivity index (χ0n) is 20.0. The molecule has 2 heterocycles. The number of hydrogen-bond donors (Lipinski definition) is 0. The first-order chi connectivity index (χ1) is 17.2. The van der Waals surface area contributed by atoms with Gasteiger partial charge in [-0.3, -0.25) is 4.79 Å². The minimum atomic E-state index is -0.000617. The van der Waals surface area contributed by atoms with Gasteiger partial charge in [-0.05, 0) is 46.9 Å². The van der Waals surface area contributed by atoms with Gasteiger partial charge in [0.05, 0.1) is 19.6 Å². The fourth-order valence-corrected chi connectivity index (χ4v) is 4.51. The number of fused-ring (bicyclic) bond motifs is 4. The maximum absolute atomic E-state index is 13.3. The molecule has 6 nitrogen and oxygen atoms in total. The molecule has 0 radical (unpaired) electrons. The molecule has 5 rings (SSSR count). The number of carbonyl (C=O) groups is 1. The van der Waals surface area contributed by atoms with E-state index in [1.807, 2.05) is 29.2 Å². The second-order valence-corrected chi connectivity index (χ2v) is 8.87. The molecule has 0 saturated carbocycles. The number of aromatic nitrogens is 1. The minimum absolute atomic E-state index is 0.000617. The van der Waals surface area contributed by atoms with Gasteiger partial charge in [-0.2, -0.15) is 0 Å². The number of amides is 1. The van der Waals surface area contributed by atoms with E-state index in [0.29, 0.717) is 44.2 Å². The van der Waals surface area contributed by atoms with Crippen LogP contribution in [0.5, 0.6) is 5.75 Å². The lowest BCUT2D eigenvalue weighted by Gasteiger charge is -2.23. The SMILES string of the molecule is CCc1ccc2c(c1)Cc1cccc(c1)CN(C(=O)Cc1noc3ccccc13)CCOCCO2. The predicted molar refractivity (Wildman–Crippen MR) is 135 cm³/mol. The Balaban J connectivity index is 1.39. The molecule has 1 aliphatic heterocycles. The highest BCUT2D eigenvalue weighted by molar-refractivity contribution is 5.86. The molecule has 0 fully saturated rings. The van der Waals surface area contributed by atoms with Crippen molar-refractivity contribution in [3.05, 3.63) is 94.7 Å². The molecular weight excluding hydrogens is 440 g/mol. The first-order valence-electron chi connectivity index (χ1n) is 12.2. The lowest BCUT2D eigenvalue weighted by atomic mass is 9.99. The van der Waals surface area contributed by atoms with E-state index in [1.54, 1.807) is 0 Å². The first-order valence-corrected chi connectivity index (χ1v) is 12.2. The third-order valence-electron chi connectivity index (χ3n) is 6.41. The van der Waals surface area contributed by atoms with Crippen LogP contribution in [0.4, 0.5) is 0 Å². The molecule has 0 aliphatic carbocycles. The van der Waals surface area contributed by atoms with Crippen molar-refractivity contribution in [2.24, 2.45) is 0 Å². The summed E-state index contributed by atoms with van der Waals surface area (Å²) in [5.74, 6) is 0.907. The number of benzene rings is 3. The summed E-state index contributed by atoms with van der Waals surface area (Å²) in [5, 5.41) is 5.02. The maximum Gasteiger partial charge on any atom is 0.229 e. The molecule has 0 spiro atoms. The van der Waals surface area contributed by atoms with Crippen LogP contribution < -0.4 is 4.74 Å². The molecule has 2 bridgehead atoms. The van der Waals surface area contributed by atoms with Crippen LogP contribution in [0, 0.1) is 0 Å². The lowest BCUT2D eigenvalue weighted by molar-refractivity contribution is -0.132. The monoisotopic (exact) mass is 470 g/mol. The van der Waals surface area contributed by atoms with Gasteiger partial charge in [0, 0.05) is 24.9 Å². The van der Waals surface area contributed by atoms with Crippen LogP contribution >= 0.6 is 0 Å². The molecule has 0 atom stereocenters. The summed E-state index contributed by atoms with van der Waals surface area (Å²) in [6.45, 7) is 4.55. The number of carbonyl (C=O) groups excluding carboxylic acids is 1. The van der Waals surface area contributed by atoms with Crippen molar-refractivity contribution >= 4 is 16.9 Å². The predicted octanol–water partition coefficient (Wildman–Crippen LogP) is 4.96. The Labute approximate surface area is 205 Å². The van der Waals surface area contributed by atoms with Gasteiger partial charge in [0.15, 0.2) is 5.58 Å². The number of nitrogens with zero attached hydrogens (tertiary/aromatic N) is 2. The molecule has 1 amide bonds. The molecular formula is C29H30N2O4. The quantitative estimate of drug-likeness (QED) is 0.423. The van der Waals surface area contributed by atoms with Crippen LogP contribution in [0.1, 0.15) is 34.9 Å². The molecule has 6 heteroatoms. The number of rotatable bonds is 3. The van der Waals surface area contributed by atoms with Crippen LogP contribution in [0.15, 0.2) is 71.3 Å². The van der Waals surface area contributed by atoms with Crippen molar-refractivity contribution in [2.75, 3.05) is 26.4 Å². The summed E-state index contributed by atoms with van der Waals surface area (Å²) in [7, 11) is 0. The molecule has 0 N–H and O–H groups in total. The summed E-state index contributed by atoms with van der Waals surface area (Å²) in [6.07, 6.45) is 1.94. The van der Waals surface area contributed by atoms with Crippen molar-refractivity contribution in [3.8, 4) is 5.75 Å². The molecule has 180 valence electrons. The standard InChI is InChI=1S/C29H30N2O4/c1-2-21-10-11-27-24(17-21)18-22-6-5-7-23(16-22)20-31(12-13-33-14-15-34-27)29(32)19-26-25-8-3-4-9-28(25)35-30-26/h3-11,16-17H,2,12-15,18-20H2,1H3. The van der Waals surface area contributed by atoms with Crippen LogP contribution in [0.25, 0.3) is 11.0 Å². The summed E-state index contributed by atoms with van der Waals surface area (Å²) in [5.41, 5.74) is 6.11. The first kappa shape index (κ1) is 23.1. The Bertz CT molecular complexity index is 1310. The van der Waals surface area contributed by atoms with Crippen LogP contribution in [-0.2, 0) is 35.3 Å². The lowest BCUT2D eigenvalue weighted by Crippen LogP contribution is -2.35. The van der Waals surface area contributed by atoms with Gasteiger partial charge in [0.25, 0.3) is 0 Å². The minimum Gasteiger partial charge on any atom is -0.491 e. The highest BCUT2D eigenvalue weighted by Crippen LogP contribution is 2.25. The molecule has 1 aliphatic rings. The van der Waals surface area contributed by atoms with Crippen LogP contribution in [0.3, 0.4) is 0 Å². The summed E-state index contributed by atoms with van der Waals surface area (Å²) in [4.78, 5) is 15.2. The largest absolute Gasteiger partial charge is 0.491 e. The van der Waals surface area contributed by atoms with Crippen molar-refractivity contribution in [1.82, 2.24) is 10.1 Å². The second kappa shape index (κ2) is 10.7. The number of para-hydroxylation sites is 1. The highest BCUT2D eigenvalue weighted by atomic mass is 16.5. The van der Waals surface area contributed by atoms with E-state index in [1.165, 1.54) is 16.7 Å². The molecule has 0 unspecified atom stereocenters. The Morgan fingerprint density at radius 2 is 1.86 bits per heavy atom. The fourth-order valence-electron chi connectivity index (χ4n) is 4.51. The van der Waals surface area contributed by atoms with Crippen molar-refractivity contribution < 1.29 is 18.8 Å². The third-order valence-corrected chi connectivity index (χ3v) is 6.41. The molecule has 0 saturated heterocycles. The van der Waals surface area contributed by atoms with Crippen LogP contribution in [0.2, 0.25) is 0 Å². The zero-order valence-corrected chi connectivity index (χ0v) is 20.0. The van der Waals surface area contributed by atoms with Crippen molar-refractivity contribution in [2.45, 2.75) is 32.7 Å². The van der Waals surface area contributed by atoms with E-state index in [-0.39, 0.29) is 12.3 Å². The smallest absolute Gasteiger partial charge is 0.229 e. The van der Waals surface area contributed by atoms with E-state index in [2.05, 4.69) is 54.5 Å². The summed E-state index contributed by atoms with van der Waals surface area (Å²) >= 11 is 0. The second-order valence-electron chi connectivity index (χ2n) is 8.87. The van der Waals surface area contributed by atoms with E-state index >= 15 is 0 Å². The average molecular weight is 471 g/mol. The number of aryl methyl sites for hydroxylation is 1. The van der Waals surface area contributed by atoms with Gasteiger partial charge >= 0.3 is 0 Å². The average Bonchev–Trinajstić information content (AvgIpc) is 3.28. The van der Waals surface area contributed by atoms with Gasteiger partial charge in [-0.15, -0.1) is 0 Å². The fraction of sp³-hybridized carbons (Fsp3) is 0.310. The number of hydrogen-bond acceptors (Lipinski definition) is 5. The van der Waals surface area contributed by atoms with Crippen molar-refractivity contribution in [3.63, 3.8) is 0 Å². The Hall–Kier alpha value is -3.64. The van der Waals surface area contributed by atoms with E-state index in [9.17, 15) is 4.79 Å². The zero-order chi connectivity index (χ0) is 24.0. The van der Waals surface area contributed by atoms with E-state index in [4.69, 9.17) is 14.0 Å². The van der Waals surface area contributed by atoms with E-state index < -0.39 is 0 Å². The highest BCUT2D eigenvalue weighted by Gasteiger charge is 2.19. The van der Waals surface area contributed by atoms with Gasteiger partial charge in [-0.25, -0.2) is 0 Å². The third kappa shape index (κ3) is 5.54. The van der Waals surface area contributed by atoms with Crippen LogP contribution in [-0.4, -0.2) is 42.3 Å². The molecule has 35 heavy (non-hydrogen) atoms. The Morgan fingerprint density at radius 1 is 0.971 bits per heavy atom. The topological polar surface area (TPSA) is 64.8 Å². The number of ether oxygens (including phenoxy) is 2. The van der Waals surface area contributed by atoms with E-state index in [0.717, 1.165) is 29.5 Å².